The van der Waals surface area contributed by atoms with Crippen LogP contribution in [0.1, 0.15) is 5.56 Å². The third-order valence-corrected chi connectivity index (χ3v) is 4.07. The molecule has 0 amide bonds. The second-order valence-electron chi connectivity index (χ2n) is 3.88. The predicted molar refractivity (Wildman–Crippen MR) is 65.7 cm³/mol. The highest BCUT2D eigenvalue weighted by atomic mass is 32.2. The number of nitrogens with zero attached hydrogens (tertiary/aromatic N) is 1. The number of rotatable bonds is 1. The van der Waals surface area contributed by atoms with E-state index in [4.69, 9.17) is 5.73 Å². The SMILES string of the molecule is Cc1cc(N2CCS(=O)CC2)ccc1N. The van der Waals surface area contributed by atoms with Crippen LogP contribution in [0.2, 0.25) is 0 Å². The molecular weight excluding hydrogens is 208 g/mol. The summed E-state index contributed by atoms with van der Waals surface area (Å²) in [7, 11) is -0.611. The second kappa shape index (κ2) is 4.23. The van der Waals surface area contributed by atoms with E-state index in [1.165, 1.54) is 5.69 Å². The summed E-state index contributed by atoms with van der Waals surface area (Å²) in [6.07, 6.45) is 0. The van der Waals surface area contributed by atoms with Crippen LogP contribution in [0.25, 0.3) is 0 Å². The molecule has 1 aliphatic rings. The van der Waals surface area contributed by atoms with Crippen molar-refractivity contribution in [1.29, 1.82) is 0 Å². The zero-order chi connectivity index (χ0) is 10.8. The Bertz CT molecular complexity index is 382. The van der Waals surface area contributed by atoms with Gasteiger partial charge in [-0.05, 0) is 30.7 Å². The maximum atomic E-state index is 11.2. The van der Waals surface area contributed by atoms with Crippen molar-refractivity contribution in [3.8, 4) is 0 Å². The molecule has 0 unspecified atom stereocenters. The van der Waals surface area contributed by atoms with Crippen molar-refractivity contribution in [3.05, 3.63) is 23.8 Å². The number of benzene rings is 1. The normalized spacial score (nSPS) is 18.1. The van der Waals surface area contributed by atoms with E-state index in [9.17, 15) is 4.21 Å². The minimum Gasteiger partial charge on any atom is -0.399 e. The fourth-order valence-corrected chi connectivity index (χ4v) is 2.80. The molecule has 0 atom stereocenters. The molecule has 0 aliphatic carbocycles. The molecule has 0 spiro atoms. The van der Waals surface area contributed by atoms with Crippen LogP contribution in [0.5, 0.6) is 0 Å². The highest BCUT2D eigenvalue weighted by molar-refractivity contribution is 7.85. The Labute approximate surface area is 92.7 Å². The number of nitrogens with two attached hydrogens (primary N) is 1. The van der Waals surface area contributed by atoms with Crippen LogP contribution in [0.3, 0.4) is 0 Å². The van der Waals surface area contributed by atoms with Crippen LogP contribution in [0.4, 0.5) is 11.4 Å². The van der Waals surface area contributed by atoms with Gasteiger partial charge in [0.2, 0.25) is 0 Å². The molecule has 2 N–H and O–H groups in total. The number of nitrogen functional groups attached to an aromatic ring is 1. The van der Waals surface area contributed by atoms with Gasteiger partial charge in [-0.15, -0.1) is 0 Å². The van der Waals surface area contributed by atoms with Gasteiger partial charge in [0, 0.05) is 46.8 Å². The van der Waals surface area contributed by atoms with Crippen LogP contribution in [-0.2, 0) is 10.8 Å². The molecule has 0 saturated carbocycles. The lowest BCUT2D eigenvalue weighted by Gasteiger charge is -2.28. The van der Waals surface area contributed by atoms with Crippen molar-refractivity contribution < 1.29 is 4.21 Å². The predicted octanol–water partition coefficient (Wildman–Crippen LogP) is 1.15. The number of aryl methyl sites for hydroxylation is 1. The quantitative estimate of drug-likeness (QED) is 0.728. The molecule has 3 nitrogen and oxygen atoms in total. The number of hydrogen-bond donors (Lipinski definition) is 1. The summed E-state index contributed by atoms with van der Waals surface area (Å²) < 4.78 is 11.2. The number of hydrogen-bond acceptors (Lipinski definition) is 3. The molecule has 15 heavy (non-hydrogen) atoms. The highest BCUT2D eigenvalue weighted by Gasteiger charge is 2.15. The highest BCUT2D eigenvalue weighted by Crippen LogP contribution is 2.21. The summed E-state index contributed by atoms with van der Waals surface area (Å²) in [5.74, 6) is 1.56. The van der Waals surface area contributed by atoms with Crippen molar-refractivity contribution in [2.24, 2.45) is 0 Å². The van der Waals surface area contributed by atoms with Gasteiger partial charge in [0.1, 0.15) is 0 Å². The Morgan fingerprint density at radius 2 is 2.00 bits per heavy atom. The van der Waals surface area contributed by atoms with Gasteiger partial charge in [-0.2, -0.15) is 0 Å². The van der Waals surface area contributed by atoms with Crippen LogP contribution in [0.15, 0.2) is 18.2 Å². The van der Waals surface area contributed by atoms with Gasteiger partial charge in [0.15, 0.2) is 0 Å². The van der Waals surface area contributed by atoms with Crippen molar-refractivity contribution >= 4 is 22.2 Å². The standard InChI is InChI=1S/C11H16N2OS/c1-9-8-10(2-3-11(9)12)13-4-6-15(14)7-5-13/h2-3,8H,4-7,12H2,1H3. The molecule has 82 valence electrons. The molecule has 0 radical (unpaired) electrons. The maximum Gasteiger partial charge on any atom is 0.0411 e. The third-order valence-electron chi connectivity index (χ3n) is 2.80. The van der Waals surface area contributed by atoms with E-state index in [-0.39, 0.29) is 0 Å². The van der Waals surface area contributed by atoms with Crippen LogP contribution in [-0.4, -0.2) is 28.8 Å². The van der Waals surface area contributed by atoms with Gasteiger partial charge in [-0.25, -0.2) is 0 Å². The second-order valence-corrected chi connectivity index (χ2v) is 5.57. The van der Waals surface area contributed by atoms with Gasteiger partial charge < -0.3 is 10.6 Å². The Morgan fingerprint density at radius 3 is 2.60 bits per heavy atom. The maximum absolute atomic E-state index is 11.2. The van der Waals surface area contributed by atoms with Crippen LogP contribution < -0.4 is 10.6 Å². The molecule has 1 aromatic carbocycles. The average molecular weight is 224 g/mol. The van der Waals surface area contributed by atoms with Gasteiger partial charge >= 0.3 is 0 Å². The molecule has 2 rings (SSSR count). The van der Waals surface area contributed by atoms with Crippen molar-refractivity contribution in [2.45, 2.75) is 6.92 Å². The minimum atomic E-state index is -0.611. The third kappa shape index (κ3) is 2.31. The molecule has 1 aliphatic heterocycles. The minimum absolute atomic E-state index is 0.611. The first-order valence-corrected chi connectivity index (χ1v) is 6.61. The lowest BCUT2D eigenvalue weighted by atomic mass is 10.1. The molecule has 0 bridgehead atoms. The van der Waals surface area contributed by atoms with Gasteiger partial charge in [-0.3, -0.25) is 4.21 Å². The Kier molecular flexibility index (Phi) is 2.95. The zero-order valence-corrected chi connectivity index (χ0v) is 9.72. The first kappa shape index (κ1) is 10.5. The molecule has 1 aromatic rings. The van der Waals surface area contributed by atoms with Crippen LogP contribution in [0, 0.1) is 6.92 Å². The Balaban J connectivity index is 2.16. The van der Waals surface area contributed by atoms with E-state index in [0.29, 0.717) is 0 Å². The summed E-state index contributed by atoms with van der Waals surface area (Å²) in [5.41, 5.74) is 8.91. The fourth-order valence-electron chi connectivity index (χ4n) is 1.75. The summed E-state index contributed by atoms with van der Waals surface area (Å²) in [5, 5.41) is 0. The average Bonchev–Trinajstić information content (AvgIpc) is 2.23. The van der Waals surface area contributed by atoms with Crippen molar-refractivity contribution in [2.75, 3.05) is 35.2 Å². The Hall–Kier alpha value is -1.03. The van der Waals surface area contributed by atoms with E-state index in [0.717, 1.165) is 35.8 Å². The molecule has 4 heteroatoms. The lowest BCUT2D eigenvalue weighted by molar-refractivity contribution is 0.673. The summed E-state index contributed by atoms with van der Waals surface area (Å²) in [4.78, 5) is 2.27. The van der Waals surface area contributed by atoms with E-state index < -0.39 is 10.8 Å². The first-order chi connectivity index (χ1) is 7.16. The summed E-state index contributed by atoms with van der Waals surface area (Å²) in [6.45, 7) is 3.78. The van der Waals surface area contributed by atoms with E-state index in [1.54, 1.807) is 0 Å². The molecule has 1 heterocycles. The molecule has 1 saturated heterocycles. The summed E-state index contributed by atoms with van der Waals surface area (Å²) in [6, 6.07) is 6.08. The van der Waals surface area contributed by atoms with Gasteiger partial charge in [0.05, 0.1) is 0 Å². The van der Waals surface area contributed by atoms with Gasteiger partial charge in [-0.1, -0.05) is 0 Å². The topological polar surface area (TPSA) is 46.3 Å². The Morgan fingerprint density at radius 1 is 1.33 bits per heavy atom. The molecule has 1 fully saturated rings. The van der Waals surface area contributed by atoms with E-state index in [2.05, 4.69) is 11.0 Å². The zero-order valence-electron chi connectivity index (χ0n) is 8.90. The largest absolute Gasteiger partial charge is 0.399 e. The van der Waals surface area contributed by atoms with E-state index in [1.807, 2.05) is 19.1 Å². The molecule has 0 aromatic heterocycles. The number of anilines is 2. The van der Waals surface area contributed by atoms with Crippen molar-refractivity contribution in [1.82, 2.24) is 0 Å². The van der Waals surface area contributed by atoms with Crippen molar-refractivity contribution in [3.63, 3.8) is 0 Å². The molecular formula is C11H16N2OS. The fraction of sp³-hybridized carbons (Fsp3) is 0.455. The first-order valence-electron chi connectivity index (χ1n) is 5.13. The monoisotopic (exact) mass is 224 g/mol. The van der Waals surface area contributed by atoms with Gasteiger partial charge in [0.25, 0.3) is 0 Å². The smallest absolute Gasteiger partial charge is 0.0411 e. The van der Waals surface area contributed by atoms with E-state index >= 15 is 0 Å². The van der Waals surface area contributed by atoms with Crippen LogP contribution >= 0.6 is 0 Å². The lowest BCUT2D eigenvalue weighted by Crippen LogP contribution is -2.37. The summed E-state index contributed by atoms with van der Waals surface area (Å²) >= 11 is 0.